The van der Waals surface area contributed by atoms with Crippen LogP contribution < -0.4 is 5.32 Å². The van der Waals surface area contributed by atoms with Crippen molar-refractivity contribution in [1.82, 2.24) is 25.1 Å². The predicted octanol–water partition coefficient (Wildman–Crippen LogP) is 1.13. The average molecular weight is 289 g/mol. The van der Waals surface area contributed by atoms with Crippen LogP contribution in [0.15, 0.2) is 24.8 Å². The molecule has 0 saturated carbocycles. The first-order chi connectivity index (χ1) is 10.3. The summed E-state index contributed by atoms with van der Waals surface area (Å²) in [5, 5.41) is 9.71. The second-order valence-corrected chi connectivity index (χ2v) is 5.12. The molecule has 7 heteroatoms. The van der Waals surface area contributed by atoms with E-state index in [0.717, 1.165) is 18.5 Å². The van der Waals surface area contributed by atoms with Crippen molar-refractivity contribution in [3.05, 3.63) is 36.2 Å². The molecular weight excluding hydrogens is 270 g/mol. The summed E-state index contributed by atoms with van der Waals surface area (Å²) >= 11 is 0. The monoisotopic (exact) mass is 289 g/mol. The van der Waals surface area contributed by atoms with Crippen LogP contribution >= 0.6 is 0 Å². The van der Waals surface area contributed by atoms with Gasteiger partial charge in [-0.3, -0.25) is 9.89 Å². The Bertz CT molecular complexity index is 592. The van der Waals surface area contributed by atoms with Crippen LogP contribution in [0.4, 0.5) is 0 Å². The number of amides is 1. The van der Waals surface area contributed by atoms with Gasteiger partial charge in [0, 0.05) is 49.8 Å². The molecule has 1 saturated heterocycles. The molecule has 2 aromatic rings. The van der Waals surface area contributed by atoms with Crippen molar-refractivity contribution >= 4 is 5.91 Å². The summed E-state index contributed by atoms with van der Waals surface area (Å²) in [5.41, 5.74) is 1.03. The molecule has 0 unspecified atom stereocenters. The van der Waals surface area contributed by atoms with Crippen molar-refractivity contribution in [2.24, 2.45) is 5.92 Å². The number of ether oxygens (including phenoxy) is 1. The lowest BCUT2D eigenvalue weighted by Crippen LogP contribution is -2.32. The second-order valence-electron chi connectivity index (χ2n) is 5.12. The molecule has 2 atom stereocenters. The highest BCUT2D eigenvalue weighted by atomic mass is 16.5. The van der Waals surface area contributed by atoms with Gasteiger partial charge in [0.2, 0.25) is 0 Å². The number of aromatic amines is 1. The molecule has 0 bridgehead atoms. The molecule has 7 nitrogen and oxygen atoms in total. The third-order valence-electron chi connectivity index (χ3n) is 3.85. The van der Waals surface area contributed by atoms with Gasteiger partial charge >= 0.3 is 0 Å². The van der Waals surface area contributed by atoms with Gasteiger partial charge in [-0.05, 0) is 13.3 Å². The fraction of sp³-hybridized carbons (Fsp3) is 0.500. The molecule has 0 aliphatic carbocycles. The van der Waals surface area contributed by atoms with Crippen LogP contribution in [0, 0.1) is 5.92 Å². The van der Waals surface area contributed by atoms with E-state index in [9.17, 15) is 4.79 Å². The summed E-state index contributed by atoms with van der Waals surface area (Å²) in [4.78, 5) is 16.3. The number of aryl methyl sites for hydroxylation is 1. The third kappa shape index (κ3) is 2.82. The molecule has 2 N–H and O–H groups in total. The highest BCUT2D eigenvalue weighted by Gasteiger charge is 2.30. The first-order valence-corrected chi connectivity index (χ1v) is 7.19. The molecular formula is C14H19N5O2. The number of carbonyl (C=O) groups is 1. The number of aromatic nitrogens is 4. The summed E-state index contributed by atoms with van der Waals surface area (Å²) in [5.74, 6) is 0.576. The van der Waals surface area contributed by atoms with Crippen molar-refractivity contribution in [2.45, 2.75) is 26.0 Å². The lowest BCUT2D eigenvalue weighted by atomic mass is 9.97. The molecule has 1 fully saturated rings. The van der Waals surface area contributed by atoms with Crippen LogP contribution in [0.1, 0.15) is 35.6 Å². The van der Waals surface area contributed by atoms with E-state index in [-0.39, 0.29) is 17.9 Å². The van der Waals surface area contributed by atoms with E-state index < -0.39 is 0 Å². The number of carbonyl (C=O) groups excluding carboxylic acids is 1. The summed E-state index contributed by atoms with van der Waals surface area (Å²) in [6, 6.07) is 0. The first kappa shape index (κ1) is 13.8. The van der Waals surface area contributed by atoms with E-state index in [4.69, 9.17) is 4.74 Å². The predicted molar refractivity (Wildman–Crippen MR) is 75.6 cm³/mol. The van der Waals surface area contributed by atoms with Gasteiger partial charge in [-0.15, -0.1) is 0 Å². The average Bonchev–Trinajstić information content (AvgIpc) is 3.23. The van der Waals surface area contributed by atoms with Crippen LogP contribution in [0.2, 0.25) is 0 Å². The van der Waals surface area contributed by atoms with E-state index >= 15 is 0 Å². The molecule has 1 aliphatic heterocycles. The van der Waals surface area contributed by atoms with Gasteiger partial charge in [-0.2, -0.15) is 5.10 Å². The zero-order chi connectivity index (χ0) is 14.7. The number of nitrogens with zero attached hydrogens (tertiary/aromatic N) is 3. The fourth-order valence-electron chi connectivity index (χ4n) is 2.70. The lowest BCUT2D eigenvalue weighted by molar-refractivity contribution is 0.0839. The van der Waals surface area contributed by atoms with E-state index in [0.29, 0.717) is 19.0 Å². The molecule has 3 heterocycles. The van der Waals surface area contributed by atoms with E-state index in [1.807, 2.05) is 23.9 Å². The summed E-state index contributed by atoms with van der Waals surface area (Å²) in [6.45, 7) is 4.00. The molecule has 0 spiro atoms. The van der Waals surface area contributed by atoms with Gasteiger partial charge in [-0.1, -0.05) is 0 Å². The molecule has 3 rings (SSSR count). The SMILES string of the molecule is CCn1ccnc1C(=O)NC[C@H]1CCO[C@@H]1c1cn[nH]c1. The largest absolute Gasteiger partial charge is 0.373 e. The first-order valence-electron chi connectivity index (χ1n) is 7.19. The molecule has 0 aromatic carbocycles. The van der Waals surface area contributed by atoms with Gasteiger partial charge in [0.1, 0.15) is 0 Å². The van der Waals surface area contributed by atoms with Crippen molar-refractivity contribution in [3.8, 4) is 0 Å². The maximum Gasteiger partial charge on any atom is 0.287 e. The fourth-order valence-corrected chi connectivity index (χ4v) is 2.70. The quantitative estimate of drug-likeness (QED) is 0.864. The third-order valence-corrected chi connectivity index (χ3v) is 3.85. The smallest absolute Gasteiger partial charge is 0.287 e. The van der Waals surface area contributed by atoms with Crippen LogP contribution in [0.25, 0.3) is 0 Å². The van der Waals surface area contributed by atoms with E-state index in [1.165, 1.54) is 0 Å². The molecule has 2 aromatic heterocycles. The second kappa shape index (κ2) is 6.09. The minimum Gasteiger partial charge on any atom is -0.373 e. The van der Waals surface area contributed by atoms with Crippen molar-refractivity contribution in [1.29, 1.82) is 0 Å². The summed E-state index contributed by atoms with van der Waals surface area (Å²) in [7, 11) is 0. The minimum absolute atomic E-state index is 0.00466. The van der Waals surface area contributed by atoms with Crippen LogP contribution in [-0.2, 0) is 11.3 Å². The Kier molecular flexibility index (Phi) is 4.01. The number of hydrogen-bond acceptors (Lipinski definition) is 4. The Labute approximate surface area is 122 Å². The van der Waals surface area contributed by atoms with Crippen molar-refractivity contribution in [2.75, 3.05) is 13.2 Å². The van der Waals surface area contributed by atoms with Crippen molar-refractivity contribution < 1.29 is 9.53 Å². The Morgan fingerprint density at radius 3 is 3.29 bits per heavy atom. The van der Waals surface area contributed by atoms with Gasteiger partial charge in [0.15, 0.2) is 5.82 Å². The molecule has 112 valence electrons. The van der Waals surface area contributed by atoms with Crippen LogP contribution in [0.5, 0.6) is 0 Å². The number of H-pyrrole nitrogens is 1. The number of nitrogens with one attached hydrogen (secondary N) is 2. The van der Waals surface area contributed by atoms with Crippen LogP contribution in [-0.4, -0.2) is 38.8 Å². The van der Waals surface area contributed by atoms with E-state index in [1.54, 1.807) is 12.4 Å². The Balaban J connectivity index is 1.61. The van der Waals surface area contributed by atoms with Gasteiger partial charge < -0.3 is 14.6 Å². The molecule has 0 radical (unpaired) electrons. The Hall–Kier alpha value is -2.15. The Morgan fingerprint density at radius 1 is 1.62 bits per heavy atom. The van der Waals surface area contributed by atoms with Crippen LogP contribution in [0.3, 0.4) is 0 Å². The molecule has 1 aliphatic rings. The normalized spacial score (nSPS) is 21.6. The van der Waals surface area contributed by atoms with E-state index in [2.05, 4.69) is 20.5 Å². The van der Waals surface area contributed by atoms with Gasteiger partial charge in [0.25, 0.3) is 5.91 Å². The zero-order valence-electron chi connectivity index (χ0n) is 12.0. The molecule has 1 amide bonds. The van der Waals surface area contributed by atoms with Crippen molar-refractivity contribution in [3.63, 3.8) is 0 Å². The number of rotatable bonds is 5. The molecule has 21 heavy (non-hydrogen) atoms. The number of imidazole rings is 1. The maximum atomic E-state index is 12.2. The van der Waals surface area contributed by atoms with Gasteiger partial charge in [0.05, 0.1) is 12.3 Å². The lowest BCUT2D eigenvalue weighted by Gasteiger charge is -2.17. The highest BCUT2D eigenvalue weighted by molar-refractivity contribution is 5.90. The zero-order valence-corrected chi connectivity index (χ0v) is 12.0. The maximum absolute atomic E-state index is 12.2. The Morgan fingerprint density at radius 2 is 2.52 bits per heavy atom. The summed E-state index contributed by atoms with van der Waals surface area (Å²) < 4.78 is 7.57. The summed E-state index contributed by atoms with van der Waals surface area (Å²) in [6.07, 6.45) is 7.99. The number of hydrogen-bond donors (Lipinski definition) is 2. The highest BCUT2D eigenvalue weighted by Crippen LogP contribution is 2.33. The minimum atomic E-state index is -0.139. The standard InChI is InChI=1S/C14H19N5O2/c1-2-19-5-4-15-13(19)14(20)16-7-10-3-6-21-12(10)11-8-17-18-9-11/h4-5,8-10,12H,2-3,6-7H2,1H3,(H,16,20)(H,17,18)/t10-,12+/m1/s1. The topological polar surface area (TPSA) is 84.8 Å². The van der Waals surface area contributed by atoms with Gasteiger partial charge in [-0.25, -0.2) is 4.98 Å².